The van der Waals surface area contributed by atoms with Gasteiger partial charge < -0.3 is 9.84 Å². The van der Waals surface area contributed by atoms with E-state index in [-0.39, 0.29) is 17.0 Å². The molecule has 2 aromatic carbocycles. The number of benzene rings is 2. The van der Waals surface area contributed by atoms with E-state index in [0.717, 1.165) is 0 Å². The Labute approximate surface area is 179 Å². The number of carbonyl (C=O) groups is 2. The molecular weight excluding hydrogens is 409 g/mol. The average Bonchev–Trinajstić information content (AvgIpc) is 3.02. The molecule has 1 N–H and O–H groups in total. The van der Waals surface area contributed by atoms with Crippen LogP contribution < -0.4 is 0 Å². The third-order valence-electron chi connectivity index (χ3n) is 5.31. The van der Waals surface area contributed by atoms with Crippen LogP contribution in [0.15, 0.2) is 36.4 Å². The Morgan fingerprint density at radius 1 is 1.17 bits per heavy atom. The molecule has 5 nitrogen and oxygen atoms in total. The number of ether oxygens (including phenoxy) is 1. The fourth-order valence-electron chi connectivity index (χ4n) is 3.49. The number of phenolic OH excluding ortho intramolecular Hbond substituents is 1. The van der Waals surface area contributed by atoms with Crippen LogP contribution in [0.2, 0.25) is 5.02 Å². The number of phenols is 1. The van der Waals surface area contributed by atoms with Crippen molar-refractivity contribution in [2.75, 3.05) is 0 Å². The summed E-state index contributed by atoms with van der Waals surface area (Å²) in [4.78, 5) is 25.9. The lowest BCUT2D eigenvalue weighted by Gasteiger charge is -2.16. The predicted molar refractivity (Wildman–Crippen MR) is 114 cm³/mol. The first kappa shape index (κ1) is 21.8. The second-order valence-electron chi connectivity index (χ2n) is 7.32. The standard InChI is InChI=1S/C23H23ClFNO4/c1-5-12(2)30-23(29)13(3)19-14(4)26(17-10-11-18(27)21(25)20(17)19)22(28)15-6-8-16(24)9-7-15/h6-13,27H,5H2,1-4H3. The molecule has 1 heterocycles. The summed E-state index contributed by atoms with van der Waals surface area (Å²) in [5, 5.41) is 10.4. The van der Waals surface area contributed by atoms with Crippen LogP contribution in [0.4, 0.5) is 4.39 Å². The Morgan fingerprint density at radius 2 is 1.80 bits per heavy atom. The first-order valence-corrected chi connectivity index (χ1v) is 10.1. The van der Waals surface area contributed by atoms with E-state index in [2.05, 4.69) is 0 Å². The van der Waals surface area contributed by atoms with Crippen molar-refractivity contribution in [1.29, 1.82) is 0 Å². The molecule has 7 heteroatoms. The van der Waals surface area contributed by atoms with E-state index in [4.69, 9.17) is 16.3 Å². The molecule has 0 amide bonds. The van der Waals surface area contributed by atoms with Crippen LogP contribution >= 0.6 is 11.6 Å². The van der Waals surface area contributed by atoms with Crippen molar-refractivity contribution in [2.24, 2.45) is 0 Å². The number of hydrogen-bond donors (Lipinski definition) is 1. The van der Waals surface area contributed by atoms with Crippen molar-refractivity contribution < 1.29 is 23.8 Å². The summed E-state index contributed by atoms with van der Waals surface area (Å²) >= 11 is 5.91. The highest BCUT2D eigenvalue weighted by molar-refractivity contribution is 6.30. The van der Waals surface area contributed by atoms with E-state index < -0.39 is 29.4 Å². The molecule has 0 aliphatic heterocycles. The van der Waals surface area contributed by atoms with Crippen molar-refractivity contribution in [1.82, 2.24) is 4.57 Å². The summed E-state index contributed by atoms with van der Waals surface area (Å²) in [6.45, 7) is 6.92. The summed E-state index contributed by atoms with van der Waals surface area (Å²) in [6, 6.07) is 8.99. The van der Waals surface area contributed by atoms with Crippen LogP contribution in [0.1, 0.15) is 54.7 Å². The molecule has 0 aliphatic carbocycles. The normalized spacial score (nSPS) is 13.3. The Hall–Kier alpha value is -2.86. The minimum atomic E-state index is -0.878. The van der Waals surface area contributed by atoms with Gasteiger partial charge in [-0.3, -0.25) is 14.2 Å². The smallest absolute Gasteiger partial charge is 0.313 e. The maximum Gasteiger partial charge on any atom is 0.313 e. The maximum absolute atomic E-state index is 15.0. The Morgan fingerprint density at radius 3 is 2.40 bits per heavy atom. The molecule has 2 atom stereocenters. The van der Waals surface area contributed by atoms with Crippen molar-refractivity contribution >= 4 is 34.4 Å². The predicted octanol–water partition coefficient (Wildman–Crippen LogP) is 5.58. The lowest BCUT2D eigenvalue weighted by molar-refractivity contribution is -0.149. The molecule has 3 aromatic rings. The van der Waals surface area contributed by atoms with Crippen LogP contribution in [0.5, 0.6) is 5.75 Å². The van der Waals surface area contributed by atoms with Crippen molar-refractivity contribution in [3.63, 3.8) is 0 Å². The second-order valence-corrected chi connectivity index (χ2v) is 7.75. The van der Waals surface area contributed by atoms with Gasteiger partial charge in [0.05, 0.1) is 17.5 Å². The zero-order valence-electron chi connectivity index (χ0n) is 17.2. The van der Waals surface area contributed by atoms with E-state index in [9.17, 15) is 19.1 Å². The van der Waals surface area contributed by atoms with Gasteiger partial charge in [0.1, 0.15) is 0 Å². The highest BCUT2D eigenvalue weighted by Gasteiger charge is 2.30. The number of fused-ring (bicyclic) bond motifs is 1. The van der Waals surface area contributed by atoms with Gasteiger partial charge in [0.2, 0.25) is 0 Å². The lowest BCUT2D eigenvalue weighted by atomic mass is 9.97. The van der Waals surface area contributed by atoms with Gasteiger partial charge in [-0.05, 0) is 69.2 Å². The van der Waals surface area contributed by atoms with Crippen LogP contribution in [0.3, 0.4) is 0 Å². The number of nitrogens with zero attached hydrogens (tertiary/aromatic N) is 1. The van der Waals surface area contributed by atoms with Crippen LogP contribution in [0.25, 0.3) is 10.9 Å². The van der Waals surface area contributed by atoms with Crippen molar-refractivity contribution in [3.05, 3.63) is 64.1 Å². The molecule has 2 unspecified atom stereocenters. The van der Waals surface area contributed by atoms with E-state index in [1.807, 2.05) is 6.92 Å². The molecule has 0 fully saturated rings. The minimum Gasteiger partial charge on any atom is -0.505 e. The molecule has 0 radical (unpaired) electrons. The van der Waals surface area contributed by atoms with Gasteiger partial charge in [-0.25, -0.2) is 4.39 Å². The molecule has 30 heavy (non-hydrogen) atoms. The Balaban J connectivity index is 2.22. The summed E-state index contributed by atoms with van der Waals surface area (Å²) in [5.41, 5.74) is 1.34. The summed E-state index contributed by atoms with van der Waals surface area (Å²) in [7, 11) is 0. The van der Waals surface area contributed by atoms with Gasteiger partial charge in [-0.15, -0.1) is 0 Å². The SMILES string of the molecule is CCC(C)OC(=O)C(C)c1c(C)n(C(=O)c2ccc(Cl)cc2)c2ccc(O)c(F)c12. The Kier molecular flexibility index (Phi) is 6.17. The van der Waals surface area contributed by atoms with Gasteiger partial charge in [0.15, 0.2) is 11.6 Å². The van der Waals surface area contributed by atoms with Gasteiger partial charge in [0.25, 0.3) is 5.91 Å². The van der Waals surface area contributed by atoms with E-state index in [1.165, 1.54) is 16.7 Å². The number of hydrogen-bond acceptors (Lipinski definition) is 4. The summed E-state index contributed by atoms with van der Waals surface area (Å²) in [5.74, 6) is -3.18. The fourth-order valence-corrected chi connectivity index (χ4v) is 3.62. The first-order valence-electron chi connectivity index (χ1n) is 9.70. The summed E-state index contributed by atoms with van der Waals surface area (Å²) < 4.78 is 21.8. The van der Waals surface area contributed by atoms with Crippen LogP contribution in [-0.4, -0.2) is 27.7 Å². The topological polar surface area (TPSA) is 68.5 Å². The van der Waals surface area contributed by atoms with Gasteiger partial charge in [-0.2, -0.15) is 0 Å². The highest BCUT2D eigenvalue weighted by atomic mass is 35.5. The van der Waals surface area contributed by atoms with Crippen molar-refractivity contribution in [3.8, 4) is 5.75 Å². The van der Waals surface area contributed by atoms with E-state index in [0.29, 0.717) is 28.3 Å². The summed E-state index contributed by atoms with van der Waals surface area (Å²) in [6.07, 6.45) is 0.353. The molecule has 1 aromatic heterocycles. The molecule has 0 bridgehead atoms. The number of aromatic hydroxyl groups is 1. The largest absolute Gasteiger partial charge is 0.505 e. The third kappa shape index (κ3) is 3.79. The second kappa shape index (κ2) is 8.48. The minimum absolute atomic E-state index is 0.0309. The number of carbonyl (C=O) groups excluding carboxylic acids is 2. The monoisotopic (exact) mass is 431 g/mol. The maximum atomic E-state index is 15.0. The van der Waals surface area contributed by atoms with Gasteiger partial charge in [-0.1, -0.05) is 18.5 Å². The average molecular weight is 432 g/mol. The molecule has 158 valence electrons. The van der Waals surface area contributed by atoms with Gasteiger partial charge in [0, 0.05) is 21.7 Å². The quantitative estimate of drug-likeness (QED) is 0.535. The molecule has 0 saturated carbocycles. The van der Waals surface area contributed by atoms with E-state index >= 15 is 0 Å². The Bertz CT molecular complexity index is 1120. The number of aromatic nitrogens is 1. The highest BCUT2D eigenvalue weighted by Crippen LogP contribution is 2.37. The van der Waals surface area contributed by atoms with Crippen molar-refractivity contribution in [2.45, 2.75) is 46.1 Å². The molecule has 0 saturated heterocycles. The number of esters is 1. The third-order valence-corrected chi connectivity index (χ3v) is 5.56. The fraction of sp³-hybridized carbons (Fsp3) is 0.304. The lowest BCUT2D eigenvalue weighted by Crippen LogP contribution is -2.20. The molecule has 0 spiro atoms. The molecule has 3 rings (SSSR count). The number of halogens is 2. The van der Waals surface area contributed by atoms with Crippen LogP contribution in [0, 0.1) is 12.7 Å². The van der Waals surface area contributed by atoms with E-state index in [1.54, 1.807) is 45.0 Å². The number of rotatable bonds is 5. The molecule has 0 aliphatic rings. The first-order chi connectivity index (χ1) is 14.2. The van der Waals surface area contributed by atoms with Gasteiger partial charge >= 0.3 is 5.97 Å². The van der Waals surface area contributed by atoms with Crippen LogP contribution in [-0.2, 0) is 9.53 Å². The zero-order chi connectivity index (χ0) is 22.2. The zero-order valence-corrected chi connectivity index (χ0v) is 18.0. The molecular formula is C23H23ClFNO4.